The fourth-order valence-corrected chi connectivity index (χ4v) is 3.35. The summed E-state index contributed by atoms with van der Waals surface area (Å²) in [7, 11) is -2.05. The van der Waals surface area contributed by atoms with Gasteiger partial charge in [-0.3, -0.25) is 9.10 Å². The van der Waals surface area contributed by atoms with E-state index in [2.05, 4.69) is 5.32 Å². The molecule has 0 unspecified atom stereocenters. The molecule has 0 spiro atoms. The summed E-state index contributed by atoms with van der Waals surface area (Å²) in [6.45, 7) is 2.48. The zero-order valence-corrected chi connectivity index (χ0v) is 14.4. The van der Waals surface area contributed by atoms with E-state index in [4.69, 9.17) is 16.3 Å². The number of hydrogen-bond donors (Lipinski definition) is 1. The molecule has 1 N–H and O–H groups in total. The molecule has 0 radical (unpaired) electrons. The van der Waals surface area contributed by atoms with Gasteiger partial charge in [0.15, 0.2) is 0 Å². The second-order valence-electron chi connectivity index (χ2n) is 4.85. The summed E-state index contributed by atoms with van der Waals surface area (Å²) in [5.41, 5.74) is 0.356. The van der Waals surface area contributed by atoms with E-state index in [1.54, 1.807) is 25.3 Å². The van der Waals surface area contributed by atoms with E-state index >= 15 is 0 Å². The molecular formula is C14H21ClN2O4S. The lowest BCUT2D eigenvalue weighted by atomic mass is 10.2. The van der Waals surface area contributed by atoms with Gasteiger partial charge in [-0.05, 0) is 31.5 Å². The lowest BCUT2D eigenvalue weighted by molar-refractivity contribution is -0.121. The summed E-state index contributed by atoms with van der Waals surface area (Å²) >= 11 is 5.91. The summed E-state index contributed by atoms with van der Waals surface area (Å²) in [5, 5.41) is 3.10. The van der Waals surface area contributed by atoms with Crippen LogP contribution in [0.5, 0.6) is 0 Å². The molecule has 1 atom stereocenters. The van der Waals surface area contributed by atoms with Gasteiger partial charge >= 0.3 is 0 Å². The highest BCUT2D eigenvalue weighted by atomic mass is 35.5. The molecule has 0 saturated heterocycles. The van der Waals surface area contributed by atoms with Crippen molar-refractivity contribution < 1.29 is 17.9 Å². The summed E-state index contributed by atoms with van der Waals surface area (Å²) in [4.78, 5) is 12.2. The fourth-order valence-electron chi connectivity index (χ4n) is 2.00. The van der Waals surface area contributed by atoms with Crippen LogP contribution in [0.2, 0.25) is 5.02 Å². The fraction of sp³-hybridized carbons (Fsp3) is 0.500. The maximum atomic E-state index is 12.2. The van der Waals surface area contributed by atoms with Gasteiger partial charge in [0.2, 0.25) is 15.9 Å². The number of nitrogens with zero attached hydrogens (tertiary/aromatic N) is 1. The Morgan fingerprint density at radius 3 is 2.68 bits per heavy atom. The highest BCUT2D eigenvalue weighted by Crippen LogP contribution is 2.24. The number of methoxy groups -OCH3 is 1. The van der Waals surface area contributed by atoms with E-state index < -0.39 is 16.1 Å². The molecular weight excluding hydrogens is 328 g/mol. The first kappa shape index (κ1) is 18.7. The molecule has 1 aromatic rings. The number of carbonyl (C=O) groups is 1. The Labute approximate surface area is 136 Å². The predicted molar refractivity (Wildman–Crippen MR) is 87.7 cm³/mol. The highest BCUT2D eigenvalue weighted by Gasteiger charge is 2.28. The van der Waals surface area contributed by atoms with Crippen molar-refractivity contribution in [3.63, 3.8) is 0 Å². The van der Waals surface area contributed by atoms with Crippen molar-refractivity contribution in [3.8, 4) is 0 Å². The van der Waals surface area contributed by atoms with Gasteiger partial charge in [0.1, 0.15) is 6.04 Å². The van der Waals surface area contributed by atoms with Gasteiger partial charge < -0.3 is 10.1 Å². The number of anilines is 1. The van der Waals surface area contributed by atoms with Gasteiger partial charge in [-0.15, -0.1) is 0 Å². The Morgan fingerprint density at radius 1 is 1.45 bits per heavy atom. The van der Waals surface area contributed by atoms with Crippen LogP contribution in [-0.2, 0) is 19.6 Å². The molecule has 6 nitrogen and oxygen atoms in total. The van der Waals surface area contributed by atoms with Gasteiger partial charge in [-0.25, -0.2) is 8.42 Å². The number of nitrogens with one attached hydrogen (secondary N) is 1. The molecule has 0 fully saturated rings. The minimum Gasteiger partial charge on any atom is -0.385 e. The van der Waals surface area contributed by atoms with Gasteiger partial charge in [0.05, 0.1) is 11.9 Å². The topological polar surface area (TPSA) is 75.7 Å². The van der Waals surface area contributed by atoms with E-state index in [1.165, 1.54) is 13.0 Å². The molecule has 0 aliphatic carbocycles. The average molecular weight is 349 g/mol. The Bertz CT molecular complexity index is 607. The van der Waals surface area contributed by atoms with Crippen LogP contribution in [0.25, 0.3) is 0 Å². The van der Waals surface area contributed by atoms with Crippen molar-refractivity contribution in [2.24, 2.45) is 0 Å². The molecule has 0 aliphatic heterocycles. The van der Waals surface area contributed by atoms with Gasteiger partial charge in [0.25, 0.3) is 0 Å². The molecule has 22 heavy (non-hydrogen) atoms. The quantitative estimate of drug-likeness (QED) is 0.725. The Kier molecular flexibility index (Phi) is 7.12. The molecule has 0 bridgehead atoms. The summed E-state index contributed by atoms with van der Waals surface area (Å²) in [5.74, 6) is -0.374. The largest absolute Gasteiger partial charge is 0.385 e. The van der Waals surface area contributed by atoms with E-state index in [0.29, 0.717) is 30.3 Å². The first-order valence-electron chi connectivity index (χ1n) is 6.79. The van der Waals surface area contributed by atoms with Crippen LogP contribution in [0.15, 0.2) is 24.3 Å². The monoisotopic (exact) mass is 348 g/mol. The molecule has 0 saturated carbocycles. The second kappa shape index (κ2) is 8.36. The van der Waals surface area contributed by atoms with Crippen molar-refractivity contribution in [2.45, 2.75) is 19.4 Å². The molecule has 0 aliphatic rings. The number of hydrogen-bond acceptors (Lipinski definition) is 4. The van der Waals surface area contributed by atoms with Gasteiger partial charge in [-0.1, -0.05) is 17.7 Å². The van der Waals surface area contributed by atoms with Crippen molar-refractivity contribution in [1.29, 1.82) is 0 Å². The van der Waals surface area contributed by atoms with Crippen molar-refractivity contribution in [2.75, 3.05) is 30.8 Å². The minimum absolute atomic E-state index is 0.356. The van der Waals surface area contributed by atoms with Crippen molar-refractivity contribution >= 4 is 33.2 Å². The third-order valence-electron chi connectivity index (χ3n) is 2.98. The van der Waals surface area contributed by atoms with Crippen LogP contribution < -0.4 is 9.62 Å². The third kappa shape index (κ3) is 5.47. The van der Waals surface area contributed by atoms with E-state index in [9.17, 15) is 13.2 Å². The third-order valence-corrected chi connectivity index (χ3v) is 4.45. The summed E-state index contributed by atoms with van der Waals surface area (Å²) in [6.07, 6.45) is 1.72. The minimum atomic E-state index is -3.63. The zero-order valence-electron chi connectivity index (χ0n) is 12.9. The van der Waals surface area contributed by atoms with Gasteiger partial charge in [0, 0.05) is 25.3 Å². The van der Waals surface area contributed by atoms with Crippen molar-refractivity contribution in [1.82, 2.24) is 5.32 Å². The molecule has 1 rings (SSSR count). The maximum absolute atomic E-state index is 12.2. The van der Waals surface area contributed by atoms with Crippen LogP contribution in [-0.4, -0.2) is 46.9 Å². The standard InChI is InChI=1S/C14H21ClN2O4S/c1-11(14(18)16-8-5-9-21-2)17(22(3,19)20)13-7-4-6-12(15)10-13/h4,6-7,10-11H,5,8-9H2,1-3H3,(H,16,18)/t11-/m1/s1. The highest BCUT2D eigenvalue weighted by molar-refractivity contribution is 7.92. The lowest BCUT2D eigenvalue weighted by Crippen LogP contribution is -2.48. The molecule has 124 valence electrons. The molecule has 8 heteroatoms. The Balaban J connectivity index is 2.91. The van der Waals surface area contributed by atoms with Gasteiger partial charge in [-0.2, -0.15) is 0 Å². The lowest BCUT2D eigenvalue weighted by Gasteiger charge is -2.28. The van der Waals surface area contributed by atoms with Crippen LogP contribution in [0.3, 0.4) is 0 Å². The Hall–Kier alpha value is -1.31. The predicted octanol–water partition coefficient (Wildman–Crippen LogP) is 1.65. The molecule has 0 aromatic heterocycles. The van der Waals surface area contributed by atoms with Crippen LogP contribution in [0.4, 0.5) is 5.69 Å². The normalized spacial score (nSPS) is 12.7. The first-order valence-corrected chi connectivity index (χ1v) is 9.01. The van der Waals surface area contributed by atoms with Crippen LogP contribution in [0, 0.1) is 0 Å². The number of carbonyl (C=O) groups excluding carboxylic acids is 1. The van der Waals surface area contributed by atoms with Crippen LogP contribution >= 0.6 is 11.6 Å². The summed E-state index contributed by atoms with van der Waals surface area (Å²) in [6, 6.07) is 5.51. The molecule has 0 heterocycles. The maximum Gasteiger partial charge on any atom is 0.243 e. The number of rotatable bonds is 8. The Morgan fingerprint density at radius 2 is 2.14 bits per heavy atom. The molecule has 1 aromatic carbocycles. The van der Waals surface area contributed by atoms with Crippen molar-refractivity contribution in [3.05, 3.63) is 29.3 Å². The number of ether oxygens (including phenoxy) is 1. The number of benzene rings is 1. The average Bonchev–Trinajstić information content (AvgIpc) is 2.42. The second-order valence-corrected chi connectivity index (χ2v) is 7.15. The van der Waals surface area contributed by atoms with E-state index in [-0.39, 0.29) is 5.91 Å². The first-order chi connectivity index (χ1) is 10.3. The zero-order chi connectivity index (χ0) is 16.8. The smallest absolute Gasteiger partial charge is 0.243 e. The van der Waals surface area contributed by atoms with E-state index in [1.807, 2.05) is 0 Å². The SMILES string of the molecule is COCCCNC(=O)[C@@H](C)N(c1cccc(Cl)c1)S(C)(=O)=O. The number of halogens is 1. The number of amides is 1. The molecule has 1 amide bonds. The summed E-state index contributed by atoms with van der Waals surface area (Å²) < 4.78 is 30.1. The number of sulfonamides is 1. The van der Waals surface area contributed by atoms with Crippen LogP contribution in [0.1, 0.15) is 13.3 Å². The van der Waals surface area contributed by atoms with E-state index in [0.717, 1.165) is 10.6 Å².